The number of halogens is 4. The summed E-state index contributed by atoms with van der Waals surface area (Å²) in [5.74, 6) is 0. The smallest absolute Gasteiger partial charge is 0.264 e. The number of fused-ring (bicyclic) bond motifs is 1. The van der Waals surface area contributed by atoms with Gasteiger partial charge in [0.1, 0.15) is 10.8 Å². The molecule has 0 spiro atoms. The van der Waals surface area contributed by atoms with Gasteiger partial charge in [-0.05, 0) is 12.1 Å². The molecular weight excluding hydrogens is 293 g/mol. The normalized spacial score (nSPS) is 12.0. The molecule has 0 amide bonds. The molecule has 0 unspecified atom stereocenters. The maximum absolute atomic E-state index is 12.7. The molecule has 0 bridgehead atoms. The van der Waals surface area contributed by atoms with Gasteiger partial charge in [0.15, 0.2) is 5.65 Å². The van der Waals surface area contributed by atoms with Crippen molar-refractivity contribution in [1.82, 2.24) is 19.6 Å². The highest BCUT2D eigenvalue weighted by Gasteiger charge is 2.33. The Morgan fingerprint density at radius 1 is 1.20 bits per heavy atom. The first-order valence-electron chi connectivity index (χ1n) is 5.49. The first-order valence-corrected chi connectivity index (χ1v) is 5.87. The molecule has 0 fully saturated rings. The Bertz CT molecular complexity index is 767. The molecule has 0 aromatic carbocycles. The Labute approximate surface area is 115 Å². The fraction of sp³-hybridized carbons (Fsp3) is 0.0833. The number of hydrogen-bond donors (Lipinski definition) is 0. The summed E-state index contributed by atoms with van der Waals surface area (Å²) in [5, 5.41) is 3.97. The molecule has 0 aliphatic heterocycles. The highest BCUT2D eigenvalue weighted by atomic mass is 35.5. The van der Waals surface area contributed by atoms with E-state index in [9.17, 15) is 13.2 Å². The Morgan fingerprint density at radius 2 is 2.00 bits per heavy atom. The lowest BCUT2D eigenvalue weighted by molar-refractivity contribution is -0.141. The topological polar surface area (TPSA) is 43.1 Å². The van der Waals surface area contributed by atoms with Crippen molar-refractivity contribution in [2.24, 2.45) is 0 Å². The summed E-state index contributed by atoms with van der Waals surface area (Å²) in [4.78, 5) is 7.45. The molecule has 20 heavy (non-hydrogen) atoms. The summed E-state index contributed by atoms with van der Waals surface area (Å²) in [5.41, 5.74) is 0.103. The van der Waals surface area contributed by atoms with E-state index in [1.54, 1.807) is 24.5 Å². The van der Waals surface area contributed by atoms with Crippen LogP contribution in [0.5, 0.6) is 0 Å². The van der Waals surface area contributed by atoms with Crippen molar-refractivity contribution in [2.75, 3.05) is 0 Å². The Morgan fingerprint density at radius 3 is 2.65 bits per heavy atom. The number of alkyl halides is 3. The van der Waals surface area contributed by atoms with Crippen molar-refractivity contribution in [2.45, 2.75) is 6.18 Å². The third-order valence-electron chi connectivity index (χ3n) is 2.63. The highest BCUT2D eigenvalue weighted by Crippen LogP contribution is 2.30. The minimum absolute atomic E-state index is 0.0312. The lowest BCUT2D eigenvalue weighted by Gasteiger charge is -2.06. The molecule has 0 aliphatic carbocycles. The van der Waals surface area contributed by atoms with Crippen molar-refractivity contribution in [3.63, 3.8) is 0 Å². The predicted octanol–water partition coefficient (Wildman–Crippen LogP) is 3.46. The summed E-state index contributed by atoms with van der Waals surface area (Å²) < 4.78 is 39.1. The van der Waals surface area contributed by atoms with Crippen LogP contribution >= 0.6 is 11.6 Å². The summed E-state index contributed by atoms with van der Waals surface area (Å²) in [7, 11) is 0. The fourth-order valence-corrected chi connectivity index (χ4v) is 1.97. The number of aromatic nitrogens is 4. The maximum Gasteiger partial charge on any atom is 0.433 e. The fourth-order valence-electron chi connectivity index (χ4n) is 1.74. The zero-order chi connectivity index (χ0) is 14.3. The van der Waals surface area contributed by atoms with Crippen molar-refractivity contribution in [3.8, 4) is 11.3 Å². The van der Waals surface area contributed by atoms with E-state index >= 15 is 0 Å². The van der Waals surface area contributed by atoms with Crippen LogP contribution in [0.1, 0.15) is 5.69 Å². The summed E-state index contributed by atoms with van der Waals surface area (Å²) in [6.07, 6.45) is -1.41. The van der Waals surface area contributed by atoms with Crippen LogP contribution in [0.25, 0.3) is 16.9 Å². The summed E-state index contributed by atoms with van der Waals surface area (Å²) in [6.45, 7) is 0. The van der Waals surface area contributed by atoms with Crippen LogP contribution in [0, 0.1) is 0 Å². The standard InChI is InChI=1S/C12H6ClF3N4/c13-10-5-9(12(14,15)16)18-11-4-8(19-20(10)11)7-2-1-3-17-6-7/h1-6H. The van der Waals surface area contributed by atoms with Gasteiger partial charge in [0, 0.05) is 30.1 Å². The Balaban J connectivity index is 2.19. The van der Waals surface area contributed by atoms with Gasteiger partial charge in [-0.3, -0.25) is 4.98 Å². The minimum Gasteiger partial charge on any atom is -0.264 e. The van der Waals surface area contributed by atoms with Crippen molar-refractivity contribution in [1.29, 1.82) is 0 Å². The van der Waals surface area contributed by atoms with Gasteiger partial charge < -0.3 is 0 Å². The van der Waals surface area contributed by atoms with Gasteiger partial charge in [-0.25, -0.2) is 9.50 Å². The lowest BCUT2D eigenvalue weighted by Crippen LogP contribution is -2.09. The second-order valence-corrected chi connectivity index (χ2v) is 4.39. The second kappa shape index (κ2) is 4.45. The number of nitrogens with zero attached hydrogens (tertiary/aromatic N) is 4. The molecule has 0 saturated carbocycles. The van der Waals surface area contributed by atoms with E-state index in [4.69, 9.17) is 11.6 Å². The molecule has 0 atom stereocenters. The molecule has 8 heteroatoms. The minimum atomic E-state index is -4.55. The van der Waals surface area contributed by atoms with E-state index in [1.807, 2.05) is 0 Å². The number of hydrogen-bond acceptors (Lipinski definition) is 3. The van der Waals surface area contributed by atoms with Gasteiger partial charge in [0.05, 0.1) is 5.69 Å². The third kappa shape index (κ3) is 2.20. The third-order valence-corrected chi connectivity index (χ3v) is 2.90. The average Bonchev–Trinajstić information content (AvgIpc) is 2.83. The quantitative estimate of drug-likeness (QED) is 0.646. The van der Waals surface area contributed by atoms with E-state index < -0.39 is 11.9 Å². The maximum atomic E-state index is 12.7. The van der Waals surface area contributed by atoms with Gasteiger partial charge in [-0.15, -0.1) is 0 Å². The van der Waals surface area contributed by atoms with Gasteiger partial charge in [-0.2, -0.15) is 18.3 Å². The summed E-state index contributed by atoms with van der Waals surface area (Å²) in [6, 6.07) is 5.62. The highest BCUT2D eigenvalue weighted by molar-refractivity contribution is 6.29. The van der Waals surface area contributed by atoms with Crippen LogP contribution in [0.2, 0.25) is 5.15 Å². The molecule has 3 aromatic rings. The Kier molecular flexibility index (Phi) is 2.86. The average molecular weight is 299 g/mol. The predicted molar refractivity (Wildman–Crippen MR) is 66.2 cm³/mol. The van der Waals surface area contributed by atoms with Gasteiger partial charge in [-0.1, -0.05) is 11.6 Å². The van der Waals surface area contributed by atoms with E-state index in [-0.39, 0.29) is 10.8 Å². The number of rotatable bonds is 1. The first kappa shape index (κ1) is 12.9. The first-order chi connectivity index (χ1) is 9.45. The largest absolute Gasteiger partial charge is 0.433 e. The van der Waals surface area contributed by atoms with Crippen LogP contribution < -0.4 is 0 Å². The molecule has 0 N–H and O–H groups in total. The van der Waals surface area contributed by atoms with E-state index in [0.717, 1.165) is 10.6 Å². The second-order valence-electron chi connectivity index (χ2n) is 4.00. The molecule has 0 aliphatic rings. The van der Waals surface area contributed by atoms with Crippen molar-refractivity contribution in [3.05, 3.63) is 47.5 Å². The van der Waals surface area contributed by atoms with Crippen molar-refractivity contribution < 1.29 is 13.2 Å². The van der Waals surface area contributed by atoms with Gasteiger partial charge >= 0.3 is 6.18 Å². The molecule has 3 aromatic heterocycles. The molecule has 0 saturated heterocycles. The van der Waals surface area contributed by atoms with Crippen LogP contribution in [-0.4, -0.2) is 19.6 Å². The van der Waals surface area contributed by atoms with Crippen LogP contribution in [0.3, 0.4) is 0 Å². The Hall–Kier alpha value is -2.15. The lowest BCUT2D eigenvalue weighted by atomic mass is 10.2. The molecule has 3 heterocycles. The SMILES string of the molecule is FC(F)(F)c1cc(Cl)n2nc(-c3cccnc3)cc2n1. The van der Waals surface area contributed by atoms with Crippen LogP contribution in [0.15, 0.2) is 36.7 Å². The molecule has 0 radical (unpaired) electrons. The van der Waals surface area contributed by atoms with E-state index in [1.165, 1.54) is 6.07 Å². The van der Waals surface area contributed by atoms with Gasteiger partial charge in [0.2, 0.25) is 0 Å². The zero-order valence-corrected chi connectivity index (χ0v) is 10.5. The number of pyridine rings is 1. The van der Waals surface area contributed by atoms with E-state index in [0.29, 0.717) is 11.3 Å². The monoisotopic (exact) mass is 298 g/mol. The van der Waals surface area contributed by atoms with E-state index in [2.05, 4.69) is 15.1 Å². The molecular formula is C12H6ClF3N4. The van der Waals surface area contributed by atoms with Crippen LogP contribution in [0.4, 0.5) is 13.2 Å². The van der Waals surface area contributed by atoms with Gasteiger partial charge in [0.25, 0.3) is 0 Å². The zero-order valence-electron chi connectivity index (χ0n) is 9.76. The summed E-state index contributed by atoms with van der Waals surface area (Å²) >= 11 is 5.81. The molecule has 3 rings (SSSR count). The molecule has 102 valence electrons. The van der Waals surface area contributed by atoms with Crippen molar-refractivity contribution >= 4 is 17.2 Å². The van der Waals surface area contributed by atoms with Crippen LogP contribution in [-0.2, 0) is 6.18 Å². The molecule has 4 nitrogen and oxygen atoms in total.